The number of halogens is 1. The molecule has 0 atom stereocenters. The molecule has 0 radical (unpaired) electrons. The van der Waals surface area contributed by atoms with Crippen LogP contribution >= 0.6 is 11.6 Å². The van der Waals surface area contributed by atoms with Crippen LogP contribution in [0.25, 0.3) is 0 Å². The quantitative estimate of drug-likeness (QED) is 0.701. The fourth-order valence-corrected chi connectivity index (χ4v) is 4.30. The average molecular weight is 394 g/mol. The molecule has 0 saturated heterocycles. The Labute approximate surface area is 145 Å². The average Bonchev–Trinajstić information content (AvgIpc) is 2.85. The molecule has 2 rings (SSSR count). The highest BCUT2D eigenvalue weighted by atomic mass is 35.5. The molecule has 0 fully saturated rings. The van der Waals surface area contributed by atoms with Crippen LogP contribution in [0.15, 0.2) is 34.9 Å². The van der Waals surface area contributed by atoms with Crippen molar-refractivity contribution in [1.82, 2.24) is 9.88 Å². The summed E-state index contributed by atoms with van der Waals surface area (Å²) in [6.45, 7) is 1.34. The molecule has 0 unspecified atom stereocenters. The maximum absolute atomic E-state index is 12.0. The molecule has 2 N–H and O–H groups in total. The molecule has 1 heterocycles. The second-order valence-electron chi connectivity index (χ2n) is 4.99. The molecule has 132 valence electrons. The summed E-state index contributed by atoms with van der Waals surface area (Å²) in [4.78, 5) is 0. The number of benzene rings is 1. The Kier molecular flexibility index (Phi) is 5.86. The zero-order valence-corrected chi connectivity index (χ0v) is 15.1. The number of nitrogens with zero attached hydrogens (tertiary/aromatic N) is 1. The molecule has 0 saturated carbocycles. The SMILES string of the molecule is Cc1cc(NS(=O)(=O)CCNS(=O)(=O)Cc2ccccc2Cl)no1. The monoisotopic (exact) mass is 393 g/mol. The summed E-state index contributed by atoms with van der Waals surface area (Å²) < 4.78 is 56.9. The molecule has 0 spiro atoms. The van der Waals surface area contributed by atoms with E-state index in [-0.39, 0.29) is 18.1 Å². The van der Waals surface area contributed by atoms with Crippen LogP contribution in [0.2, 0.25) is 5.02 Å². The Morgan fingerprint density at radius 2 is 1.88 bits per heavy atom. The van der Waals surface area contributed by atoms with Crippen LogP contribution in [0.3, 0.4) is 0 Å². The van der Waals surface area contributed by atoms with E-state index in [4.69, 9.17) is 16.1 Å². The van der Waals surface area contributed by atoms with Crippen molar-refractivity contribution in [2.45, 2.75) is 12.7 Å². The second-order valence-corrected chi connectivity index (χ2v) is 9.04. The highest BCUT2D eigenvalue weighted by Gasteiger charge is 2.17. The van der Waals surface area contributed by atoms with Crippen LogP contribution in [-0.2, 0) is 25.8 Å². The van der Waals surface area contributed by atoms with Gasteiger partial charge in [-0.1, -0.05) is 35.0 Å². The third-order valence-corrected chi connectivity index (χ3v) is 5.85. The molecule has 11 heteroatoms. The zero-order chi connectivity index (χ0) is 17.8. The minimum Gasteiger partial charge on any atom is -0.360 e. The molecule has 0 aliphatic carbocycles. The minimum absolute atomic E-state index is 0.0476. The summed E-state index contributed by atoms with van der Waals surface area (Å²) >= 11 is 5.92. The molecule has 1 aromatic heterocycles. The fourth-order valence-electron chi connectivity index (χ4n) is 1.83. The lowest BCUT2D eigenvalue weighted by Crippen LogP contribution is -2.32. The van der Waals surface area contributed by atoms with Crippen molar-refractivity contribution in [3.8, 4) is 0 Å². The lowest BCUT2D eigenvalue weighted by molar-refractivity contribution is 0.400. The summed E-state index contributed by atoms with van der Waals surface area (Å²) in [5, 5.41) is 3.84. The van der Waals surface area contributed by atoms with E-state index in [2.05, 4.69) is 14.6 Å². The maximum Gasteiger partial charge on any atom is 0.235 e. The molecular weight excluding hydrogens is 378 g/mol. The normalized spacial score (nSPS) is 12.2. The number of hydrogen-bond donors (Lipinski definition) is 2. The third-order valence-electron chi connectivity index (χ3n) is 2.88. The molecule has 0 aliphatic rings. The largest absolute Gasteiger partial charge is 0.360 e. The van der Waals surface area contributed by atoms with Crippen molar-refractivity contribution in [1.29, 1.82) is 0 Å². The van der Waals surface area contributed by atoms with Crippen LogP contribution in [-0.4, -0.2) is 34.3 Å². The van der Waals surface area contributed by atoms with Gasteiger partial charge in [-0.05, 0) is 18.6 Å². The molecule has 8 nitrogen and oxygen atoms in total. The number of aryl methyl sites for hydroxylation is 1. The lowest BCUT2D eigenvalue weighted by atomic mass is 10.2. The number of anilines is 1. The van der Waals surface area contributed by atoms with Gasteiger partial charge >= 0.3 is 0 Å². The van der Waals surface area contributed by atoms with E-state index in [1.54, 1.807) is 31.2 Å². The Hall–Kier alpha value is -1.62. The summed E-state index contributed by atoms with van der Waals surface area (Å²) in [5.41, 5.74) is 0.436. The zero-order valence-electron chi connectivity index (χ0n) is 12.7. The predicted octanol–water partition coefficient (Wildman–Crippen LogP) is 1.50. The Balaban J connectivity index is 1.89. The van der Waals surface area contributed by atoms with Crippen LogP contribution in [0.4, 0.5) is 5.82 Å². The van der Waals surface area contributed by atoms with Crippen LogP contribution in [0, 0.1) is 6.92 Å². The smallest absolute Gasteiger partial charge is 0.235 e. The summed E-state index contributed by atoms with van der Waals surface area (Å²) in [6.07, 6.45) is 0. The summed E-state index contributed by atoms with van der Waals surface area (Å²) in [7, 11) is -7.46. The minimum atomic E-state index is -3.75. The van der Waals surface area contributed by atoms with Gasteiger partial charge in [0.2, 0.25) is 20.0 Å². The second kappa shape index (κ2) is 7.51. The molecule has 24 heavy (non-hydrogen) atoms. The van der Waals surface area contributed by atoms with Gasteiger partial charge < -0.3 is 4.52 Å². The van der Waals surface area contributed by atoms with Crippen molar-refractivity contribution >= 4 is 37.5 Å². The fraction of sp³-hybridized carbons (Fsp3) is 0.308. The molecule has 0 amide bonds. The van der Waals surface area contributed by atoms with Gasteiger partial charge in [0.15, 0.2) is 5.82 Å². The van der Waals surface area contributed by atoms with E-state index in [0.717, 1.165) is 0 Å². The van der Waals surface area contributed by atoms with Crippen molar-refractivity contribution in [3.63, 3.8) is 0 Å². The Bertz CT molecular complexity index is 909. The van der Waals surface area contributed by atoms with Gasteiger partial charge in [-0.2, -0.15) is 0 Å². The van der Waals surface area contributed by atoms with E-state index in [1.807, 2.05) is 0 Å². The van der Waals surface area contributed by atoms with E-state index in [0.29, 0.717) is 16.3 Å². The van der Waals surface area contributed by atoms with Crippen molar-refractivity contribution in [2.24, 2.45) is 0 Å². The van der Waals surface area contributed by atoms with Gasteiger partial charge in [-0.25, -0.2) is 21.6 Å². The van der Waals surface area contributed by atoms with E-state index < -0.39 is 25.8 Å². The Morgan fingerprint density at radius 3 is 2.50 bits per heavy atom. The number of hydrogen-bond acceptors (Lipinski definition) is 6. The standard InChI is InChI=1S/C13H16ClN3O5S2/c1-10-8-13(16-22-10)17-23(18,19)7-6-15-24(20,21)9-11-4-2-3-5-12(11)14/h2-5,8,15H,6-7,9H2,1H3,(H,16,17). The molecule has 0 aliphatic heterocycles. The first-order valence-electron chi connectivity index (χ1n) is 6.81. The highest BCUT2D eigenvalue weighted by molar-refractivity contribution is 7.92. The molecule has 1 aromatic carbocycles. The lowest BCUT2D eigenvalue weighted by Gasteiger charge is -2.09. The number of rotatable bonds is 8. The van der Waals surface area contributed by atoms with Gasteiger partial charge in [0.1, 0.15) is 5.76 Å². The maximum atomic E-state index is 12.0. The van der Waals surface area contributed by atoms with E-state index in [9.17, 15) is 16.8 Å². The molecule has 2 aromatic rings. The van der Waals surface area contributed by atoms with Crippen LogP contribution in [0.1, 0.15) is 11.3 Å². The van der Waals surface area contributed by atoms with Gasteiger partial charge in [-0.3, -0.25) is 4.72 Å². The third kappa shape index (κ3) is 5.78. The van der Waals surface area contributed by atoms with E-state index >= 15 is 0 Å². The van der Waals surface area contributed by atoms with Gasteiger partial charge in [0.25, 0.3) is 0 Å². The van der Waals surface area contributed by atoms with Crippen molar-refractivity contribution in [2.75, 3.05) is 17.0 Å². The first-order valence-corrected chi connectivity index (χ1v) is 10.5. The van der Waals surface area contributed by atoms with E-state index in [1.165, 1.54) is 6.07 Å². The van der Waals surface area contributed by atoms with Gasteiger partial charge in [0.05, 0.1) is 11.5 Å². The topological polar surface area (TPSA) is 118 Å². The summed E-state index contributed by atoms with van der Waals surface area (Å²) in [5.74, 6) is -0.275. The first-order chi connectivity index (χ1) is 11.2. The van der Waals surface area contributed by atoms with Crippen LogP contribution in [0.5, 0.6) is 0 Å². The Morgan fingerprint density at radius 1 is 1.17 bits per heavy atom. The van der Waals surface area contributed by atoms with Gasteiger partial charge in [-0.15, -0.1) is 0 Å². The number of aromatic nitrogens is 1. The van der Waals surface area contributed by atoms with Crippen LogP contribution < -0.4 is 9.44 Å². The first kappa shape index (κ1) is 18.7. The molecular formula is C13H16ClN3O5S2. The molecule has 0 bridgehead atoms. The van der Waals surface area contributed by atoms with Crippen molar-refractivity contribution < 1.29 is 21.4 Å². The number of nitrogens with one attached hydrogen (secondary N) is 2. The number of sulfonamides is 2. The highest BCUT2D eigenvalue weighted by Crippen LogP contribution is 2.17. The van der Waals surface area contributed by atoms with Gasteiger partial charge in [0, 0.05) is 17.6 Å². The van der Waals surface area contributed by atoms with Crippen molar-refractivity contribution in [3.05, 3.63) is 46.7 Å². The predicted molar refractivity (Wildman–Crippen MR) is 90.7 cm³/mol. The summed E-state index contributed by atoms with van der Waals surface area (Å²) in [6, 6.07) is 7.95.